The first kappa shape index (κ1) is 19.6. The molecule has 3 heterocycles. The summed E-state index contributed by atoms with van der Waals surface area (Å²) >= 11 is 0. The van der Waals surface area contributed by atoms with E-state index in [0.717, 1.165) is 28.8 Å². The Hall–Kier alpha value is -3.32. The topological polar surface area (TPSA) is 69.6 Å². The van der Waals surface area contributed by atoms with Gasteiger partial charge in [0.25, 0.3) is 5.91 Å². The van der Waals surface area contributed by atoms with Crippen LogP contribution in [-0.4, -0.2) is 52.1 Å². The van der Waals surface area contributed by atoms with Gasteiger partial charge in [0.1, 0.15) is 11.5 Å². The molecule has 0 saturated carbocycles. The number of hydrogen-bond acceptors (Lipinski definition) is 5. The minimum atomic E-state index is -0.286. The van der Waals surface area contributed by atoms with Crippen LogP contribution in [0.4, 0.5) is 10.1 Å². The van der Waals surface area contributed by atoms with E-state index < -0.39 is 0 Å². The first-order valence-corrected chi connectivity index (χ1v) is 10.4. The summed E-state index contributed by atoms with van der Waals surface area (Å²) in [7, 11) is 1.98. The van der Waals surface area contributed by atoms with Gasteiger partial charge in [-0.25, -0.2) is 9.37 Å². The zero-order valence-corrected chi connectivity index (χ0v) is 17.1. The molecule has 5 rings (SSSR count). The van der Waals surface area contributed by atoms with Crippen LogP contribution in [0.1, 0.15) is 28.5 Å². The van der Waals surface area contributed by atoms with Crippen molar-refractivity contribution < 1.29 is 14.3 Å². The Morgan fingerprint density at radius 3 is 2.77 bits per heavy atom. The molecule has 0 spiro atoms. The zero-order valence-electron chi connectivity index (χ0n) is 17.1. The van der Waals surface area contributed by atoms with Crippen molar-refractivity contribution in [2.75, 3.05) is 25.1 Å². The van der Waals surface area contributed by atoms with E-state index >= 15 is 0 Å². The van der Waals surface area contributed by atoms with Crippen LogP contribution in [0.2, 0.25) is 0 Å². The average molecular weight is 418 g/mol. The number of fused-ring (bicyclic) bond motifs is 3. The van der Waals surface area contributed by atoms with Gasteiger partial charge in [0.2, 0.25) is 0 Å². The van der Waals surface area contributed by atoms with Crippen LogP contribution in [0.25, 0.3) is 11.1 Å². The molecule has 158 valence electrons. The molecule has 0 unspecified atom stereocenters. The van der Waals surface area contributed by atoms with Gasteiger partial charge in [-0.3, -0.25) is 9.78 Å². The second kappa shape index (κ2) is 7.74. The Labute approximate surface area is 180 Å². The molecule has 2 aliphatic rings. The molecule has 0 aliphatic carbocycles. The second-order valence-corrected chi connectivity index (χ2v) is 8.13. The van der Waals surface area contributed by atoms with Crippen LogP contribution < -0.4 is 4.90 Å². The summed E-state index contributed by atoms with van der Waals surface area (Å²) in [5.41, 5.74) is 3.97. The van der Waals surface area contributed by atoms with Gasteiger partial charge in [0.05, 0.1) is 24.9 Å². The van der Waals surface area contributed by atoms with E-state index in [-0.39, 0.29) is 36.3 Å². The maximum Gasteiger partial charge on any atom is 0.274 e. The van der Waals surface area contributed by atoms with Gasteiger partial charge in [-0.2, -0.15) is 0 Å². The van der Waals surface area contributed by atoms with Crippen LogP contribution in [0, 0.1) is 11.7 Å². The van der Waals surface area contributed by atoms with Crippen molar-refractivity contribution in [3.63, 3.8) is 0 Å². The molecule has 31 heavy (non-hydrogen) atoms. The summed E-state index contributed by atoms with van der Waals surface area (Å²) in [5.74, 6) is -0.360. The summed E-state index contributed by atoms with van der Waals surface area (Å²) in [5, 5.41) is 10.1. The van der Waals surface area contributed by atoms with Crippen LogP contribution in [-0.2, 0) is 0 Å². The molecule has 1 amide bonds. The molecule has 0 radical (unpaired) electrons. The Morgan fingerprint density at radius 2 is 2.03 bits per heavy atom. The number of benzene rings is 2. The molecule has 7 heteroatoms. The van der Waals surface area contributed by atoms with E-state index in [1.165, 1.54) is 24.5 Å². The summed E-state index contributed by atoms with van der Waals surface area (Å²) in [6, 6.07) is 12.2. The SMILES string of the molecule is CN1c2ccc(-c3cccc(F)c3)cc2[C@H]2[C@H](CCN2C(=O)c2cnccn2)[C@H]1CO. The summed E-state index contributed by atoms with van der Waals surface area (Å²) < 4.78 is 13.8. The van der Waals surface area contributed by atoms with Crippen LogP contribution in [0.15, 0.2) is 61.1 Å². The number of amides is 1. The van der Waals surface area contributed by atoms with Crippen molar-refractivity contribution in [2.24, 2.45) is 5.92 Å². The highest BCUT2D eigenvalue weighted by molar-refractivity contribution is 5.93. The van der Waals surface area contributed by atoms with E-state index in [4.69, 9.17) is 0 Å². The largest absolute Gasteiger partial charge is 0.394 e. The quantitative estimate of drug-likeness (QED) is 0.707. The van der Waals surface area contributed by atoms with Crippen molar-refractivity contribution >= 4 is 11.6 Å². The van der Waals surface area contributed by atoms with Crippen LogP contribution >= 0.6 is 0 Å². The number of nitrogens with zero attached hydrogens (tertiary/aromatic N) is 4. The summed E-state index contributed by atoms with van der Waals surface area (Å²) in [4.78, 5) is 25.5. The van der Waals surface area contributed by atoms with E-state index in [9.17, 15) is 14.3 Å². The molecular formula is C24H23FN4O2. The lowest BCUT2D eigenvalue weighted by atomic mass is 9.81. The van der Waals surface area contributed by atoms with Crippen molar-refractivity contribution in [1.82, 2.24) is 14.9 Å². The number of hydrogen-bond donors (Lipinski definition) is 1. The van der Waals surface area contributed by atoms with Crippen LogP contribution in [0.3, 0.4) is 0 Å². The van der Waals surface area contributed by atoms with Crippen molar-refractivity contribution in [3.05, 3.63) is 78.1 Å². The predicted molar refractivity (Wildman–Crippen MR) is 115 cm³/mol. The normalized spacial score (nSPS) is 22.2. The molecule has 0 bridgehead atoms. The standard InChI is InChI=1S/C24H23FN4O2/c1-28-21-6-5-16(15-3-2-4-17(25)11-15)12-19(21)23-18(22(28)14-30)7-10-29(23)24(31)20-13-26-8-9-27-20/h2-6,8-9,11-13,18,22-23,30H,7,10,14H2,1H3/t18-,22-,23-/m1/s1. The summed E-state index contributed by atoms with van der Waals surface area (Å²) in [6.07, 6.45) is 5.33. The minimum absolute atomic E-state index is 0.00985. The number of halogens is 1. The highest BCUT2D eigenvalue weighted by Gasteiger charge is 2.48. The molecule has 2 aromatic carbocycles. The first-order chi connectivity index (χ1) is 15.1. The van der Waals surface area contributed by atoms with Gasteiger partial charge in [0.15, 0.2) is 0 Å². The lowest BCUT2D eigenvalue weighted by Crippen LogP contribution is -2.48. The van der Waals surface area contributed by atoms with E-state index in [1.54, 1.807) is 12.3 Å². The lowest BCUT2D eigenvalue weighted by molar-refractivity contribution is 0.0687. The highest BCUT2D eigenvalue weighted by atomic mass is 19.1. The molecular weight excluding hydrogens is 395 g/mol. The van der Waals surface area contributed by atoms with Gasteiger partial charge in [-0.05, 0) is 47.4 Å². The number of likely N-dealkylation sites (N-methyl/N-ethyl adjacent to an activating group) is 1. The number of rotatable bonds is 3. The maximum absolute atomic E-state index is 13.8. The van der Waals surface area contributed by atoms with E-state index in [1.807, 2.05) is 36.2 Å². The molecule has 1 saturated heterocycles. The summed E-state index contributed by atoms with van der Waals surface area (Å²) in [6.45, 7) is 0.592. The molecule has 6 nitrogen and oxygen atoms in total. The second-order valence-electron chi connectivity index (χ2n) is 8.13. The molecule has 1 aromatic heterocycles. The highest BCUT2D eigenvalue weighted by Crippen LogP contribution is 2.49. The Bertz CT molecular complexity index is 1120. The number of likely N-dealkylation sites (tertiary alicyclic amines) is 1. The van der Waals surface area contributed by atoms with Crippen molar-refractivity contribution in [2.45, 2.75) is 18.5 Å². The molecule has 1 N–H and O–H groups in total. The fourth-order valence-corrected chi connectivity index (χ4v) is 5.09. The molecule has 2 aliphatic heterocycles. The number of aromatic nitrogens is 2. The number of carbonyl (C=O) groups is 1. The van der Waals surface area contributed by atoms with Gasteiger partial charge in [-0.1, -0.05) is 18.2 Å². The fraction of sp³-hybridized carbons (Fsp3) is 0.292. The molecule has 3 aromatic rings. The van der Waals surface area contributed by atoms with Gasteiger partial charge < -0.3 is 14.9 Å². The predicted octanol–water partition coefficient (Wildman–Crippen LogP) is 3.30. The minimum Gasteiger partial charge on any atom is -0.394 e. The smallest absolute Gasteiger partial charge is 0.274 e. The third-order valence-electron chi connectivity index (χ3n) is 6.55. The van der Waals surface area contributed by atoms with Crippen LogP contribution in [0.5, 0.6) is 0 Å². The lowest BCUT2D eigenvalue weighted by Gasteiger charge is -2.44. The third-order valence-corrected chi connectivity index (χ3v) is 6.55. The average Bonchev–Trinajstić information content (AvgIpc) is 3.24. The van der Waals surface area contributed by atoms with Gasteiger partial charge in [0, 0.05) is 37.6 Å². The monoisotopic (exact) mass is 418 g/mol. The van der Waals surface area contributed by atoms with E-state index in [2.05, 4.69) is 14.9 Å². The number of carbonyl (C=O) groups excluding carboxylic acids is 1. The zero-order chi connectivity index (χ0) is 21.5. The maximum atomic E-state index is 13.8. The Kier molecular flexibility index (Phi) is 4.90. The number of aliphatic hydroxyl groups is 1. The van der Waals surface area contributed by atoms with Crippen molar-refractivity contribution in [1.29, 1.82) is 0 Å². The van der Waals surface area contributed by atoms with Gasteiger partial charge >= 0.3 is 0 Å². The first-order valence-electron chi connectivity index (χ1n) is 10.4. The molecule has 3 atom stereocenters. The van der Waals surface area contributed by atoms with Gasteiger partial charge in [-0.15, -0.1) is 0 Å². The van der Waals surface area contributed by atoms with Crippen molar-refractivity contribution in [3.8, 4) is 11.1 Å². The fourth-order valence-electron chi connectivity index (χ4n) is 5.09. The third kappa shape index (κ3) is 3.25. The number of anilines is 1. The Morgan fingerprint density at radius 1 is 1.19 bits per heavy atom. The van der Waals surface area contributed by atoms with E-state index in [0.29, 0.717) is 12.2 Å². The number of aliphatic hydroxyl groups excluding tert-OH is 1. The Balaban J connectivity index is 1.61. The molecule has 1 fully saturated rings.